The average Bonchev–Trinajstić information content (AvgIpc) is 2.87. The van der Waals surface area contributed by atoms with Crippen LogP contribution in [0, 0.1) is 0 Å². The first-order chi connectivity index (χ1) is 8.91. The van der Waals surface area contributed by atoms with Crippen LogP contribution >= 0.6 is 0 Å². The maximum Gasteiger partial charge on any atom is 0.322 e. The normalized spacial score (nSPS) is 23.7. The zero-order valence-corrected chi connectivity index (χ0v) is 10.6. The molecule has 8 heteroatoms. The summed E-state index contributed by atoms with van der Waals surface area (Å²) in [5.74, 6) is -0.740. The number of nitrogens with one attached hydrogen (secondary N) is 4. The second-order valence-electron chi connectivity index (χ2n) is 4.64. The number of amides is 4. The molecule has 0 aliphatic carbocycles. The lowest BCUT2D eigenvalue weighted by Gasteiger charge is -2.31. The summed E-state index contributed by atoms with van der Waals surface area (Å²) in [6, 6.07) is -1.13. The largest absolute Gasteiger partial charge is 0.350 e. The third kappa shape index (κ3) is 2.56. The molecule has 1 fully saturated rings. The topological polar surface area (TPSA) is 116 Å². The highest BCUT2D eigenvalue weighted by Gasteiger charge is 2.48. The van der Waals surface area contributed by atoms with Gasteiger partial charge < -0.3 is 15.6 Å². The quantitative estimate of drug-likeness (QED) is 0.525. The minimum absolute atomic E-state index is 0.278. The fourth-order valence-electron chi connectivity index (χ4n) is 2.06. The van der Waals surface area contributed by atoms with E-state index in [1.165, 1.54) is 13.3 Å². The van der Waals surface area contributed by atoms with E-state index in [4.69, 9.17) is 0 Å². The number of hydrogen-bond acceptors (Lipinski definition) is 4. The SMILES string of the molecule is CC(=O)NC(Cc1cnc[nH]1)C1(C)NC(=O)NC1=O. The van der Waals surface area contributed by atoms with Gasteiger partial charge in [-0.3, -0.25) is 14.9 Å². The summed E-state index contributed by atoms with van der Waals surface area (Å²) in [4.78, 5) is 41.2. The van der Waals surface area contributed by atoms with Crippen molar-refractivity contribution >= 4 is 17.8 Å². The summed E-state index contributed by atoms with van der Waals surface area (Å²) in [7, 11) is 0. The van der Waals surface area contributed by atoms with Crippen molar-refractivity contribution in [2.24, 2.45) is 0 Å². The lowest BCUT2D eigenvalue weighted by molar-refractivity contribution is -0.125. The van der Waals surface area contributed by atoms with Gasteiger partial charge in [0.2, 0.25) is 5.91 Å². The minimum Gasteiger partial charge on any atom is -0.350 e. The van der Waals surface area contributed by atoms with Crippen molar-refractivity contribution in [2.45, 2.75) is 31.8 Å². The van der Waals surface area contributed by atoms with E-state index in [1.807, 2.05) is 0 Å². The Kier molecular flexibility index (Phi) is 3.24. The summed E-state index contributed by atoms with van der Waals surface area (Å²) in [5, 5.41) is 7.41. The first-order valence-corrected chi connectivity index (χ1v) is 5.80. The molecule has 2 atom stereocenters. The predicted octanol–water partition coefficient (Wildman–Crippen LogP) is -0.945. The van der Waals surface area contributed by atoms with Crippen LogP contribution in [0.25, 0.3) is 0 Å². The molecule has 0 radical (unpaired) electrons. The number of aromatic nitrogens is 2. The molecule has 1 saturated heterocycles. The van der Waals surface area contributed by atoms with E-state index >= 15 is 0 Å². The Bertz CT molecular complexity index is 512. The van der Waals surface area contributed by atoms with Gasteiger partial charge in [-0.1, -0.05) is 0 Å². The molecule has 0 spiro atoms. The third-order valence-corrected chi connectivity index (χ3v) is 3.13. The van der Waals surface area contributed by atoms with Gasteiger partial charge in [-0.05, 0) is 6.92 Å². The Morgan fingerprint density at radius 2 is 2.26 bits per heavy atom. The van der Waals surface area contributed by atoms with Crippen LogP contribution in [0.15, 0.2) is 12.5 Å². The number of carbonyl (C=O) groups is 3. The lowest BCUT2D eigenvalue weighted by atomic mass is 9.89. The van der Waals surface area contributed by atoms with Crippen molar-refractivity contribution in [3.05, 3.63) is 18.2 Å². The molecule has 102 valence electrons. The van der Waals surface area contributed by atoms with Crippen LogP contribution in [-0.4, -0.2) is 39.4 Å². The van der Waals surface area contributed by atoms with Crippen molar-refractivity contribution in [1.82, 2.24) is 25.9 Å². The van der Waals surface area contributed by atoms with E-state index in [-0.39, 0.29) is 5.91 Å². The first-order valence-electron chi connectivity index (χ1n) is 5.80. The van der Waals surface area contributed by atoms with E-state index in [0.29, 0.717) is 6.42 Å². The summed E-state index contributed by atoms with van der Waals surface area (Å²) in [6.45, 7) is 2.93. The number of imide groups is 1. The Balaban J connectivity index is 2.24. The number of rotatable bonds is 4. The Morgan fingerprint density at radius 1 is 1.53 bits per heavy atom. The molecule has 1 aromatic heterocycles. The summed E-state index contributed by atoms with van der Waals surface area (Å²) >= 11 is 0. The number of carbonyl (C=O) groups excluding carboxylic acids is 3. The summed E-state index contributed by atoms with van der Waals surface area (Å²) in [6.07, 6.45) is 3.46. The summed E-state index contributed by atoms with van der Waals surface area (Å²) in [5.41, 5.74) is -0.428. The fourth-order valence-corrected chi connectivity index (χ4v) is 2.06. The van der Waals surface area contributed by atoms with Gasteiger partial charge in [-0.25, -0.2) is 9.78 Å². The first kappa shape index (κ1) is 13.1. The standard InChI is InChI=1S/C11H15N5O3/c1-6(17)14-8(3-7-4-12-5-13-7)11(2)9(18)15-10(19)16-11/h4-5,8H,3H2,1-2H3,(H,12,13)(H,14,17)(H2,15,16,18,19). The molecule has 8 nitrogen and oxygen atoms in total. The number of urea groups is 1. The van der Waals surface area contributed by atoms with E-state index in [1.54, 1.807) is 13.1 Å². The number of hydrogen-bond donors (Lipinski definition) is 4. The molecule has 0 aromatic carbocycles. The van der Waals surface area contributed by atoms with Crippen molar-refractivity contribution in [2.75, 3.05) is 0 Å². The van der Waals surface area contributed by atoms with Gasteiger partial charge in [-0.15, -0.1) is 0 Å². The highest BCUT2D eigenvalue weighted by atomic mass is 16.2. The van der Waals surface area contributed by atoms with E-state index in [0.717, 1.165) is 5.69 Å². The van der Waals surface area contributed by atoms with Crippen LogP contribution in [0.1, 0.15) is 19.5 Å². The van der Waals surface area contributed by atoms with Gasteiger partial charge in [0.15, 0.2) is 0 Å². The Hall–Kier alpha value is -2.38. The molecular formula is C11H15N5O3. The number of aromatic amines is 1. The Labute approximate surface area is 109 Å². The highest BCUT2D eigenvalue weighted by Crippen LogP contribution is 2.18. The second kappa shape index (κ2) is 4.71. The van der Waals surface area contributed by atoms with Crippen LogP contribution in [-0.2, 0) is 16.0 Å². The minimum atomic E-state index is -1.19. The van der Waals surface area contributed by atoms with E-state index < -0.39 is 23.5 Å². The van der Waals surface area contributed by atoms with E-state index in [9.17, 15) is 14.4 Å². The molecule has 1 aliphatic rings. The van der Waals surface area contributed by atoms with Crippen molar-refractivity contribution in [3.63, 3.8) is 0 Å². The monoisotopic (exact) mass is 265 g/mol. The molecular weight excluding hydrogens is 250 g/mol. The smallest absolute Gasteiger partial charge is 0.322 e. The maximum absolute atomic E-state index is 11.9. The van der Waals surface area contributed by atoms with E-state index in [2.05, 4.69) is 25.9 Å². The van der Waals surface area contributed by atoms with Crippen LogP contribution in [0.3, 0.4) is 0 Å². The zero-order valence-electron chi connectivity index (χ0n) is 10.6. The van der Waals surface area contributed by atoms with Gasteiger partial charge in [0.05, 0.1) is 12.4 Å². The fraction of sp³-hybridized carbons (Fsp3) is 0.455. The molecule has 1 aromatic rings. The molecule has 0 bridgehead atoms. The maximum atomic E-state index is 11.9. The van der Waals surface area contributed by atoms with Crippen LogP contribution in [0.2, 0.25) is 0 Å². The van der Waals surface area contributed by atoms with Gasteiger partial charge in [0.1, 0.15) is 5.54 Å². The molecule has 2 unspecified atom stereocenters. The summed E-state index contributed by atoms with van der Waals surface area (Å²) < 4.78 is 0. The molecule has 1 aliphatic heterocycles. The number of nitrogens with zero attached hydrogens (tertiary/aromatic N) is 1. The molecule has 2 heterocycles. The highest BCUT2D eigenvalue weighted by molar-refractivity contribution is 6.07. The van der Waals surface area contributed by atoms with Gasteiger partial charge in [0.25, 0.3) is 5.91 Å². The van der Waals surface area contributed by atoms with Crippen LogP contribution in [0.4, 0.5) is 4.79 Å². The lowest BCUT2D eigenvalue weighted by Crippen LogP contribution is -2.61. The number of H-pyrrole nitrogens is 1. The third-order valence-electron chi connectivity index (χ3n) is 3.13. The molecule has 19 heavy (non-hydrogen) atoms. The van der Waals surface area contributed by atoms with Crippen LogP contribution in [0.5, 0.6) is 0 Å². The van der Waals surface area contributed by atoms with Crippen molar-refractivity contribution in [1.29, 1.82) is 0 Å². The van der Waals surface area contributed by atoms with Crippen LogP contribution < -0.4 is 16.0 Å². The van der Waals surface area contributed by atoms with Crippen molar-refractivity contribution < 1.29 is 14.4 Å². The molecule has 4 amide bonds. The molecule has 4 N–H and O–H groups in total. The molecule has 0 saturated carbocycles. The number of imidazole rings is 1. The second-order valence-corrected chi connectivity index (χ2v) is 4.64. The molecule has 2 rings (SSSR count). The Morgan fingerprint density at radius 3 is 2.74 bits per heavy atom. The van der Waals surface area contributed by atoms with Gasteiger partial charge in [-0.2, -0.15) is 0 Å². The van der Waals surface area contributed by atoms with Gasteiger partial charge in [0, 0.05) is 25.2 Å². The van der Waals surface area contributed by atoms with Gasteiger partial charge >= 0.3 is 6.03 Å². The predicted molar refractivity (Wildman–Crippen MR) is 65.0 cm³/mol. The average molecular weight is 265 g/mol. The zero-order chi connectivity index (χ0) is 14.0. The van der Waals surface area contributed by atoms with Crippen molar-refractivity contribution in [3.8, 4) is 0 Å².